The van der Waals surface area contributed by atoms with Crippen LogP contribution in [0, 0.1) is 11.8 Å². The van der Waals surface area contributed by atoms with Gasteiger partial charge in [-0.05, 0) is 73.4 Å². The van der Waals surface area contributed by atoms with Crippen LogP contribution in [0.1, 0.15) is 58.9 Å². The van der Waals surface area contributed by atoms with Gasteiger partial charge in [0.15, 0.2) is 0 Å². The molecule has 1 atom stereocenters. The summed E-state index contributed by atoms with van der Waals surface area (Å²) >= 11 is 0. The molecule has 0 bridgehead atoms. The third-order valence-corrected chi connectivity index (χ3v) is 11.1. The fourth-order valence-electron chi connectivity index (χ4n) is 8.07. The number of pyridine rings is 2. The molecule has 0 saturated carbocycles. The lowest BCUT2D eigenvalue weighted by atomic mass is 10.0. The van der Waals surface area contributed by atoms with E-state index in [0.29, 0.717) is 36.2 Å². The van der Waals surface area contributed by atoms with Crippen LogP contribution in [0.5, 0.6) is 0 Å². The molecule has 9 rings (SSSR count). The van der Waals surface area contributed by atoms with Crippen LogP contribution < -0.4 is 16.3 Å². The summed E-state index contributed by atoms with van der Waals surface area (Å²) in [4.78, 5) is 64.7. The third kappa shape index (κ3) is 6.89. The first kappa shape index (κ1) is 35.3. The van der Waals surface area contributed by atoms with Gasteiger partial charge in [0.1, 0.15) is 12.6 Å². The number of carbonyl (C=O) groups is 3. The van der Waals surface area contributed by atoms with E-state index < -0.39 is 11.9 Å². The first-order valence-corrected chi connectivity index (χ1v) is 19.0. The van der Waals surface area contributed by atoms with Crippen LogP contribution in [0.15, 0.2) is 77.9 Å². The Hall–Kier alpha value is -6.36. The van der Waals surface area contributed by atoms with Gasteiger partial charge in [0.05, 0.1) is 33.9 Å². The Morgan fingerprint density at radius 1 is 0.893 bits per heavy atom. The predicted molar refractivity (Wildman–Crippen MR) is 211 cm³/mol. The zero-order valence-corrected chi connectivity index (χ0v) is 30.9. The lowest BCUT2D eigenvalue weighted by molar-refractivity contribution is -0.135. The summed E-state index contributed by atoms with van der Waals surface area (Å²) < 4.78 is 9.11. The maximum Gasteiger partial charge on any atom is 0.329 e. The topological polar surface area (TPSA) is 156 Å². The number of nitrogens with one attached hydrogen (secondary N) is 3. The molecule has 13 heteroatoms. The highest BCUT2D eigenvalue weighted by Crippen LogP contribution is 2.29. The monoisotopic (exact) mass is 748 g/mol. The number of amides is 3. The molecule has 3 aliphatic heterocycles. The van der Waals surface area contributed by atoms with Crippen molar-refractivity contribution in [3.8, 4) is 34.4 Å². The molecule has 282 valence electrons. The Morgan fingerprint density at radius 3 is 2.61 bits per heavy atom. The van der Waals surface area contributed by atoms with E-state index in [0.717, 1.165) is 83.6 Å². The number of aromatic nitrogens is 5. The number of benzene rings is 2. The highest BCUT2D eigenvalue weighted by atomic mass is 16.5. The Labute approximate surface area is 322 Å². The number of ether oxygens (including phenoxy) is 1. The molecule has 4 aromatic heterocycles. The second-order valence-electron chi connectivity index (χ2n) is 14.7. The Morgan fingerprint density at radius 2 is 1.77 bits per heavy atom. The number of hydrogen-bond acceptors (Lipinski definition) is 8. The van der Waals surface area contributed by atoms with Crippen LogP contribution in [-0.2, 0) is 34.3 Å². The van der Waals surface area contributed by atoms with Gasteiger partial charge in [0.25, 0.3) is 5.91 Å². The lowest BCUT2D eigenvalue weighted by Crippen LogP contribution is -2.44. The Kier molecular flexibility index (Phi) is 9.28. The number of hydrogen-bond donors (Lipinski definition) is 3. The average molecular weight is 749 g/mol. The first-order valence-electron chi connectivity index (χ1n) is 19.0. The van der Waals surface area contributed by atoms with E-state index in [2.05, 4.69) is 61.6 Å². The molecule has 3 aliphatic rings. The number of aromatic amines is 1. The van der Waals surface area contributed by atoms with Crippen molar-refractivity contribution in [2.24, 2.45) is 7.05 Å². The maximum atomic E-state index is 13.1. The normalized spacial score (nSPS) is 17.7. The number of carbonyl (C=O) groups excluding carboxylic acids is 3. The van der Waals surface area contributed by atoms with E-state index in [1.54, 1.807) is 13.2 Å². The Balaban J connectivity index is 0.784. The molecule has 0 radical (unpaired) electrons. The molecule has 2 saturated heterocycles. The molecule has 2 aromatic carbocycles. The fraction of sp³-hybridized carbons (Fsp3) is 0.302. The predicted octanol–water partition coefficient (Wildman–Crippen LogP) is 4.24. The summed E-state index contributed by atoms with van der Waals surface area (Å²) in [5.74, 6) is 5.48. The van der Waals surface area contributed by atoms with Gasteiger partial charge in [-0.25, -0.2) is 4.79 Å². The van der Waals surface area contributed by atoms with Gasteiger partial charge >= 0.3 is 5.69 Å². The molecule has 13 nitrogen and oxygen atoms in total. The minimum Gasteiger partial charge on any atom is -0.365 e. The third-order valence-electron chi connectivity index (χ3n) is 11.1. The quantitative estimate of drug-likeness (QED) is 0.162. The summed E-state index contributed by atoms with van der Waals surface area (Å²) in [5, 5.41) is 6.29. The molecule has 0 spiro atoms. The van der Waals surface area contributed by atoms with Crippen molar-refractivity contribution in [1.29, 1.82) is 0 Å². The average Bonchev–Trinajstić information content (AvgIpc) is 3.76. The van der Waals surface area contributed by atoms with Crippen molar-refractivity contribution in [1.82, 2.24) is 39.6 Å². The van der Waals surface area contributed by atoms with Crippen LogP contribution in [0.25, 0.3) is 44.5 Å². The largest absolute Gasteiger partial charge is 0.365 e. The summed E-state index contributed by atoms with van der Waals surface area (Å²) in [6.07, 6.45) is 6.92. The van der Waals surface area contributed by atoms with Gasteiger partial charge < -0.3 is 15.0 Å². The molecule has 3 N–H and O–H groups in total. The van der Waals surface area contributed by atoms with Crippen molar-refractivity contribution in [3.63, 3.8) is 0 Å². The van der Waals surface area contributed by atoms with Gasteiger partial charge in [-0.15, -0.1) is 0 Å². The van der Waals surface area contributed by atoms with Gasteiger partial charge in [-0.3, -0.25) is 43.7 Å². The number of imide groups is 1. The molecule has 7 heterocycles. The number of likely N-dealkylation sites (tertiary alicyclic amines) is 1. The molecular weight excluding hydrogens is 709 g/mol. The van der Waals surface area contributed by atoms with Crippen molar-refractivity contribution < 1.29 is 19.1 Å². The van der Waals surface area contributed by atoms with Crippen molar-refractivity contribution in [2.45, 2.75) is 50.8 Å². The molecule has 2 fully saturated rings. The van der Waals surface area contributed by atoms with Crippen molar-refractivity contribution in [2.75, 3.05) is 26.2 Å². The minimum atomic E-state index is -0.719. The molecule has 56 heavy (non-hydrogen) atoms. The lowest BCUT2D eigenvalue weighted by Gasteiger charge is -2.31. The summed E-state index contributed by atoms with van der Waals surface area (Å²) in [6.45, 7) is 3.64. The second kappa shape index (κ2) is 14.7. The molecule has 3 amide bonds. The smallest absolute Gasteiger partial charge is 0.329 e. The Bertz CT molecular complexity index is 2670. The van der Waals surface area contributed by atoms with Gasteiger partial charge in [-0.1, -0.05) is 24.0 Å². The molecular formula is C43H40N8O5. The number of imidazole rings is 1. The number of rotatable bonds is 7. The first-order chi connectivity index (χ1) is 27.3. The zero-order valence-electron chi connectivity index (χ0n) is 30.9. The molecule has 6 aromatic rings. The number of H-pyrrole nitrogens is 1. The zero-order chi connectivity index (χ0) is 38.3. The van der Waals surface area contributed by atoms with Gasteiger partial charge in [-0.2, -0.15) is 0 Å². The van der Waals surface area contributed by atoms with Crippen LogP contribution in [0.4, 0.5) is 0 Å². The van der Waals surface area contributed by atoms with Crippen LogP contribution in [-0.4, -0.2) is 79.1 Å². The summed E-state index contributed by atoms with van der Waals surface area (Å²) in [6, 6.07) is 19.3. The van der Waals surface area contributed by atoms with E-state index in [4.69, 9.17) is 9.72 Å². The highest BCUT2D eigenvalue weighted by Gasteiger charge is 2.31. The molecule has 1 unspecified atom stereocenters. The number of nitrogens with zero attached hydrogens (tertiary/aromatic N) is 5. The molecule has 0 aliphatic carbocycles. The summed E-state index contributed by atoms with van der Waals surface area (Å²) in [5.41, 5.74) is 9.22. The number of piperidine rings is 2. The van der Waals surface area contributed by atoms with Gasteiger partial charge in [0, 0.05) is 91.9 Å². The van der Waals surface area contributed by atoms with Crippen LogP contribution in [0.3, 0.4) is 0 Å². The number of aryl methyl sites for hydroxylation is 1. The standard InChI is InChI=1S/C43H40N8O5/c1-49-39-20-26(5-7-37(39)51(43(49)55)38-8-9-40(52)48-42(38)54)3-2-18-56-31-12-16-50(17-13-31)25-27-4-6-28-21-30(24-46-34(28)19-27)35-22-29(10-14-44-35)36-23-32-33(47-36)11-15-45-41(32)53/h4-7,10,14,19-24,31,38,47H,8-9,11-13,15-18,25H2,1H3,(H,45,53)(H,48,52,54). The highest BCUT2D eigenvalue weighted by molar-refractivity contribution is 6.00. The van der Waals surface area contributed by atoms with E-state index in [1.807, 2.05) is 42.6 Å². The summed E-state index contributed by atoms with van der Waals surface area (Å²) in [7, 11) is 1.67. The van der Waals surface area contributed by atoms with Crippen LogP contribution in [0.2, 0.25) is 0 Å². The van der Waals surface area contributed by atoms with Crippen molar-refractivity contribution in [3.05, 3.63) is 106 Å². The van der Waals surface area contributed by atoms with Gasteiger partial charge in [0.2, 0.25) is 11.8 Å². The SMILES string of the molecule is Cn1c(=O)n(C2CCC(=O)NC2=O)c2ccc(C#CCOC3CCN(Cc4ccc5cc(-c6cc(-c7cc8c([nH]7)CCNC8=O)ccn6)cnc5c4)CC3)cc21. The second-order valence-corrected chi connectivity index (χ2v) is 14.7. The van der Waals surface area contributed by atoms with E-state index in [1.165, 1.54) is 14.7 Å². The fourth-order valence-corrected chi connectivity index (χ4v) is 8.07. The van der Waals surface area contributed by atoms with E-state index >= 15 is 0 Å². The van der Waals surface area contributed by atoms with E-state index in [-0.39, 0.29) is 30.0 Å². The van der Waals surface area contributed by atoms with Crippen molar-refractivity contribution >= 4 is 39.7 Å². The number of fused-ring (bicyclic) bond motifs is 3. The van der Waals surface area contributed by atoms with E-state index in [9.17, 15) is 19.2 Å². The maximum absolute atomic E-state index is 13.1. The minimum absolute atomic E-state index is 0.0369. The van der Waals surface area contributed by atoms with Crippen LogP contribution >= 0.6 is 0 Å².